The normalized spacial score (nSPS) is 32.0. The largest absolute Gasteiger partial charge is 0.347 e. The number of carbonyl (C=O) groups is 1. The first-order valence-electron chi connectivity index (χ1n) is 7.61. The Morgan fingerprint density at radius 2 is 2.05 bits per heavy atom. The maximum atomic E-state index is 12.4. The van der Waals surface area contributed by atoms with Crippen molar-refractivity contribution in [2.45, 2.75) is 51.6 Å². The summed E-state index contributed by atoms with van der Waals surface area (Å²) in [4.78, 5) is 16.6. The number of carbonyl (C=O) groups excluding carboxylic acids is 1. The second-order valence-electron chi connectivity index (χ2n) is 6.94. The van der Waals surface area contributed by atoms with E-state index in [-0.39, 0.29) is 11.9 Å². The number of amides is 1. The summed E-state index contributed by atoms with van der Waals surface area (Å²) in [6.45, 7) is 7.54. The fraction of sp³-hybridized carbons (Fsp3) is 0.933. The van der Waals surface area contributed by atoms with E-state index in [4.69, 9.17) is 0 Å². The van der Waals surface area contributed by atoms with E-state index in [1.807, 2.05) is 14.1 Å². The van der Waals surface area contributed by atoms with E-state index in [9.17, 15) is 4.79 Å². The molecule has 0 aromatic heterocycles. The van der Waals surface area contributed by atoms with Crippen LogP contribution in [-0.4, -0.2) is 61.5 Å². The van der Waals surface area contributed by atoms with E-state index in [2.05, 4.69) is 24.1 Å². The smallest absolute Gasteiger partial charge is 0.240 e. The third-order valence-corrected chi connectivity index (χ3v) is 4.86. The molecule has 110 valence electrons. The molecule has 1 aliphatic heterocycles. The van der Waals surface area contributed by atoms with E-state index in [1.165, 1.54) is 25.7 Å². The molecule has 4 heteroatoms. The zero-order valence-corrected chi connectivity index (χ0v) is 12.9. The standard InChI is InChI=1S/C15H29N3O/c1-15(2)8-6-5-7-13(15)18-10-9-16-11-12(18)14(19)17(3)4/h12-13,16H,5-11H2,1-4H3. The van der Waals surface area contributed by atoms with Crippen LogP contribution in [0.2, 0.25) is 0 Å². The summed E-state index contributed by atoms with van der Waals surface area (Å²) >= 11 is 0. The van der Waals surface area contributed by atoms with Crippen LogP contribution in [-0.2, 0) is 4.79 Å². The van der Waals surface area contributed by atoms with Crippen molar-refractivity contribution >= 4 is 5.91 Å². The Hall–Kier alpha value is -0.610. The first kappa shape index (κ1) is 14.8. The highest BCUT2D eigenvalue weighted by molar-refractivity contribution is 5.81. The molecule has 1 N–H and O–H groups in total. The number of rotatable bonds is 2. The van der Waals surface area contributed by atoms with Crippen molar-refractivity contribution in [2.24, 2.45) is 5.41 Å². The van der Waals surface area contributed by atoms with Crippen molar-refractivity contribution in [1.82, 2.24) is 15.1 Å². The Morgan fingerprint density at radius 1 is 1.32 bits per heavy atom. The molecule has 1 heterocycles. The highest BCUT2D eigenvalue weighted by Gasteiger charge is 2.42. The number of nitrogens with zero attached hydrogens (tertiary/aromatic N) is 2. The molecule has 2 aliphatic rings. The first-order chi connectivity index (χ1) is 8.93. The minimum Gasteiger partial charge on any atom is -0.347 e. The zero-order chi connectivity index (χ0) is 14.0. The van der Waals surface area contributed by atoms with Gasteiger partial charge in [0, 0.05) is 39.8 Å². The Balaban J connectivity index is 2.16. The van der Waals surface area contributed by atoms with Crippen LogP contribution < -0.4 is 5.32 Å². The summed E-state index contributed by atoms with van der Waals surface area (Å²) in [5.74, 6) is 0.244. The summed E-state index contributed by atoms with van der Waals surface area (Å²) in [6.07, 6.45) is 5.16. The van der Waals surface area contributed by atoms with E-state index in [0.717, 1.165) is 19.6 Å². The Bertz CT molecular complexity index is 327. The van der Waals surface area contributed by atoms with Crippen LogP contribution in [0.5, 0.6) is 0 Å². The summed E-state index contributed by atoms with van der Waals surface area (Å²) in [5.41, 5.74) is 0.334. The van der Waals surface area contributed by atoms with Crippen LogP contribution in [0.3, 0.4) is 0 Å². The molecule has 2 atom stereocenters. The number of hydrogen-bond acceptors (Lipinski definition) is 3. The monoisotopic (exact) mass is 267 g/mol. The van der Waals surface area contributed by atoms with Crippen LogP contribution in [0.15, 0.2) is 0 Å². The van der Waals surface area contributed by atoms with Gasteiger partial charge in [-0.1, -0.05) is 26.7 Å². The highest BCUT2D eigenvalue weighted by Crippen LogP contribution is 2.39. The van der Waals surface area contributed by atoms with Gasteiger partial charge in [-0.15, -0.1) is 0 Å². The molecule has 0 bridgehead atoms. The summed E-state index contributed by atoms with van der Waals surface area (Å²) in [7, 11) is 3.72. The van der Waals surface area contributed by atoms with E-state index >= 15 is 0 Å². The molecule has 0 spiro atoms. The third-order valence-electron chi connectivity index (χ3n) is 4.86. The molecule has 0 radical (unpaired) electrons. The third kappa shape index (κ3) is 3.11. The Labute approximate surface area is 117 Å². The lowest BCUT2D eigenvalue weighted by atomic mass is 9.72. The molecule has 0 aromatic carbocycles. The lowest BCUT2D eigenvalue weighted by Crippen LogP contribution is -2.63. The minimum atomic E-state index is 0.0196. The SMILES string of the molecule is CN(C)C(=O)C1CNCCN1C1CCCCC1(C)C. The van der Waals surface area contributed by atoms with Crippen molar-refractivity contribution in [3.05, 3.63) is 0 Å². The molecule has 2 rings (SSSR count). The molecular formula is C15H29N3O. The average Bonchev–Trinajstić information content (AvgIpc) is 2.37. The molecule has 0 aromatic rings. The zero-order valence-electron chi connectivity index (χ0n) is 12.9. The fourth-order valence-electron chi connectivity index (χ4n) is 3.71. The number of likely N-dealkylation sites (N-methyl/N-ethyl adjacent to an activating group) is 1. The summed E-state index contributed by atoms with van der Waals surface area (Å²) in [5, 5.41) is 3.38. The Kier molecular flexibility index (Phi) is 4.51. The first-order valence-corrected chi connectivity index (χ1v) is 7.61. The molecule has 1 saturated carbocycles. The van der Waals surface area contributed by atoms with Crippen molar-refractivity contribution in [1.29, 1.82) is 0 Å². The highest BCUT2D eigenvalue weighted by atomic mass is 16.2. The Morgan fingerprint density at radius 3 is 2.68 bits per heavy atom. The van der Waals surface area contributed by atoms with Gasteiger partial charge in [-0.05, 0) is 18.3 Å². The van der Waals surface area contributed by atoms with E-state index < -0.39 is 0 Å². The summed E-state index contributed by atoms with van der Waals surface area (Å²) in [6, 6.07) is 0.573. The van der Waals surface area contributed by atoms with Crippen LogP contribution >= 0.6 is 0 Å². The quantitative estimate of drug-likeness (QED) is 0.819. The van der Waals surface area contributed by atoms with Crippen LogP contribution in [0.25, 0.3) is 0 Å². The molecule has 1 saturated heterocycles. The predicted molar refractivity (Wildman–Crippen MR) is 78.1 cm³/mol. The van der Waals surface area contributed by atoms with Gasteiger partial charge < -0.3 is 10.2 Å². The van der Waals surface area contributed by atoms with Gasteiger partial charge >= 0.3 is 0 Å². The van der Waals surface area contributed by atoms with Crippen molar-refractivity contribution in [3.63, 3.8) is 0 Å². The van der Waals surface area contributed by atoms with E-state index in [0.29, 0.717) is 11.5 Å². The summed E-state index contributed by atoms with van der Waals surface area (Å²) < 4.78 is 0. The minimum absolute atomic E-state index is 0.0196. The van der Waals surface area contributed by atoms with Crippen LogP contribution in [0, 0.1) is 5.41 Å². The van der Waals surface area contributed by atoms with Gasteiger partial charge in [0.2, 0.25) is 5.91 Å². The van der Waals surface area contributed by atoms with Crippen molar-refractivity contribution in [3.8, 4) is 0 Å². The van der Waals surface area contributed by atoms with Gasteiger partial charge in [0.05, 0.1) is 0 Å². The van der Waals surface area contributed by atoms with Gasteiger partial charge in [-0.2, -0.15) is 0 Å². The maximum Gasteiger partial charge on any atom is 0.240 e. The lowest BCUT2D eigenvalue weighted by molar-refractivity contribution is -0.138. The predicted octanol–water partition coefficient (Wildman–Crippen LogP) is 1.32. The number of nitrogens with one attached hydrogen (secondary N) is 1. The molecule has 4 nitrogen and oxygen atoms in total. The molecule has 1 amide bonds. The van der Waals surface area contributed by atoms with Crippen molar-refractivity contribution in [2.75, 3.05) is 33.7 Å². The van der Waals surface area contributed by atoms with Gasteiger partial charge in [0.25, 0.3) is 0 Å². The van der Waals surface area contributed by atoms with E-state index in [1.54, 1.807) is 4.90 Å². The fourth-order valence-corrected chi connectivity index (χ4v) is 3.71. The topological polar surface area (TPSA) is 35.6 Å². The van der Waals surface area contributed by atoms with Gasteiger partial charge in [0.15, 0.2) is 0 Å². The molecule has 19 heavy (non-hydrogen) atoms. The number of hydrogen-bond donors (Lipinski definition) is 1. The van der Waals surface area contributed by atoms with Gasteiger partial charge in [-0.25, -0.2) is 0 Å². The lowest BCUT2D eigenvalue weighted by Gasteiger charge is -2.50. The number of piperazine rings is 1. The second kappa shape index (κ2) is 5.80. The molecule has 1 aliphatic carbocycles. The second-order valence-corrected chi connectivity index (χ2v) is 6.94. The average molecular weight is 267 g/mol. The molecule has 2 unspecified atom stereocenters. The molecule has 2 fully saturated rings. The van der Waals surface area contributed by atoms with Crippen LogP contribution in [0.4, 0.5) is 0 Å². The van der Waals surface area contributed by atoms with Gasteiger partial charge in [0.1, 0.15) is 6.04 Å². The molecular weight excluding hydrogens is 238 g/mol. The van der Waals surface area contributed by atoms with Crippen LogP contribution in [0.1, 0.15) is 39.5 Å². The maximum absolute atomic E-state index is 12.4. The van der Waals surface area contributed by atoms with Crippen molar-refractivity contribution < 1.29 is 4.79 Å². The van der Waals surface area contributed by atoms with Gasteiger partial charge in [-0.3, -0.25) is 9.69 Å².